The van der Waals surface area contributed by atoms with E-state index in [4.69, 9.17) is 9.47 Å². The molecule has 6 heteroatoms. The number of para-hydroxylation sites is 1. The Morgan fingerprint density at radius 2 is 2.23 bits per heavy atom. The number of carbonyl (C=O) groups excluding carboxylic acids is 2. The second kappa shape index (κ2) is 7.68. The van der Waals surface area contributed by atoms with E-state index < -0.39 is 0 Å². The molecule has 1 aliphatic heterocycles. The van der Waals surface area contributed by atoms with Gasteiger partial charge >= 0.3 is 6.09 Å². The number of hydrogen-bond donors (Lipinski definition) is 1. The Bertz CT molecular complexity index is 533. The van der Waals surface area contributed by atoms with Gasteiger partial charge in [-0.15, -0.1) is 0 Å². The summed E-state index contributed by atoms with van der Waals surface area (Å²) in [5, 5.41) is 2.86. The number of aryl methyl sites for hydroxylation is 1. The molecule has 2 amide bonds. The fourth-order valence-corrected chi connectivity index (χ4v) is 2.42. The number of benzene rings is 1. The van der Waals surface area contributed by atoms with Gasteiger partial charge in [-0.2, -0.15) is 0 Å². The average Bonchev–Trinajstić information content (AvgIpc) is 2.84. The van der Waals surface area contributed by atoms with Crippen LogP contribution in [0, 0.1) is 0 Å². The van der Waals surface area contributed by atoms with Crippen LogP contribution in [0.25, 0.3) is 0 Å². The molecule has 22 heavy (non-hydrogen) atoms. The fourth-order valence-electron chi connectivity index (χ4n) is 2.42. The van der Waals surface area contributed by atoms with Crippen molar-refractivity contribution in [3.05, 3.63) is 29.8 Å². The number of amides is 2. The van der Waals surface area contributed by atoms with Crippen LogP contribution in [0.2, 0.25) is 0 Å². The molecule has 1 fully saturated rings. The first-order valence-electron chi connectivity index (χ1n) is 7.40. The van der Waals surface area contributed by atoms with Crippen LogP contribution in [0.3, 0.4) is 0 Å². The predicted molar refractivity (Wildman–Crippen MR) is 81.8 cm³/mol. The molecule has 0 spiro atoms. The molecule has 6 nitrogen and oxygen atoms in total. The normalized spacial score (nSPS) is 17.3. The van der Waals surface area contributed by atoms with Gasteiger partial charge in [-0.25, -0.2) is 4.79 Å². The third-order valence-electron chi connectivity index (χ3n) is 3.66. The Kier molecular flexibility index (Phi) is 5.63. The minimum atomic E-state index is -0.299. The lowest BCUT2D eigenvalue weighted by molar-refractivity contribution is -0.121. The molecule has 2 rings (SSSR count). The molecule has 1 heterocycles. The number of hydrogen-bond acceptors (Lipinski definition) is 4. The van der Waals surface area contributed by atoms with Gasteiger partial charge in [0, 0.05) is 26.4 Å². The van der Waals surface area contributed by atoms with E-state index in [0.717, 1.165) is 11.3 Å². The number of methoxy groups -OCH3 is 1. The molecule has 120 valence electrons. The van der Waals surface area contributed by atoms with E-state index in [-0.39, 0.29) is 18.1 Å². The van der Waals surface area contributed by atoms with Crippen LogP contribution in [0.1, 0.15) is 18.4 Å². The molecule has 0 aromatic heterocycles. The predicted octanol–water partition coefficient (Wildman–Crippen LogP) is 1.58. The highest BCUT2D eigenvalue weighted by Gasteiger charge is 2.27. The lowest BCUT2D eigenvalue weighted by Crippen LogP contribution is -2.28. The van der Waals surface area contributed by atoms with Crippen molar-refractivity contribution in [2.24, 2.45) is 0 Å². The van der Waals surface area contributed by atoms with E-state index in [2.05, 4.69) is 5.32 Å². The molecule has 0 aliphatic carbocycles. The first kappa shape index (κ1) is 16.1. The van der Waals surface area contributed by atoms with Crippen LogP contribution in [0.5, 0.6) is 5.75 Å². The third kappa shape index (κ3) is 4.38. The van der Waals surface area contributed by atoms with Gasteiger partial charge in [0.2, 0.25) is 5.91 Å². The van der Waals surface area contributed by atoms with Gasteiger partial charge in [0.15, 0.2) is 0 Å². The van der Waals surface area contributed by atoms with Crippen molar-refractivity contribution in [3.8, 4) is 5.75 Å². The number of nitrogens with one attached hydrogen (secondary N) is 1. The minimum absolute atomic E-state index is 0.0106. The molecule has 0 bridgehead atoms. The SMILES string of the molecule is COc1ccccc1CCC(=O)NCCC1CN(C)C(=O)O1. The number of likely N-dealkylation sites (N-methyl/N-ethyl adjacent to an activating group) is 1. The van der Waals surface area contributed by atoms with Gasteiger partial charge in [-0.3, -0.25) is 4.79 Å². The van der Waals surface area contributed by atoms with Crippen molar-refractivity contribution in [3.63, 3.8) is 0 Å². The van der Waals surface area contributed by atoms with E-state index in [0.29, 0.717) is 32.4 Å². The summed E-state index contributed by atoms with van der Waals surface area (Å²) in [6, 6.07) is 7.68. The molecule has 1 aliphatic rings. The van der Waals surface area contributed by atoms with Crippen LogP contribution in [0.4, 0.5) is 4.79 Å². The average molecular weight is 306 g/mol. The summed E-state index contributed by atoms with van der Waals surface area (Å²) in [6.45, 7) is 1.09. The molecule has 1 saturated heterocycles. The molecule has 1 aromatic rings. The van der Waals surface area contributed by atoms with Gasteiger partial charge < -0.3 is 19.7 Å². The zero-order chi connectivity index (χ0) is 15.9. The Morgan fingerprint density at radius 3 is 2.91 bits per heavy atom. The van der Waals surface area contributed by atoms with E-state index >= 15 is 0 Å². The third-order valence-corrected chi connectivity index (χ3v) is 3.66. The zero-order valence-corrected chi connectivity index (χ0v) is 13.0. The lowest BCUT2D eigenvalue weighted by atomic mass is 10.1. The molecule has 0 radical (unpaired) electrons. The molecule has 1 aromatic carbocycles. The maximum Gasteiger partial charge on any atom is 0.409 e. The molecule has 1 unspecified atom stereocenters. The summed E-state index contributed by atoms with van der Waals surface area (Å²) in [7, 11) is 3.33. The summed E-state index contributed by atoms with van der Waals surface area (Å²) in [4.78, 5) is 24.6. The zero-order valence-electron chi connectivity index (χ0n) is 13.0. The summed E-state index contributed by atoms with van der Waals surface area (Å²) in [5.74, 6) is 0.791. The van der Waals surface area contributed by atoms with Crippen molar-refractivity contribution >= 4 is 12.0 Å². The molecular weight excluding hydrogens is 284 g/mol. The fraction of sp³-hybridized carbons (Fsp3) is 0.500. The smallest absolute Gasteiger partial charge is 0.409 e. The van der Waals surface area contributed by atoms with E-state index in [9.17, 15) is 9.59 Å². The summed E-state index contributed by atoms with van der Waals surface area (Å²) < 4.78 is 10.4. The van der Waals surface area contributed by atoms with Crippen LogP contribution in [-0.2, 0) is 16.0 Å². The Labute approximate surface area is 130 Å². The van der Waals surface area contributed by atoms with E-state index in [1.54, 1.807) is 14.2 Å². The van der Waals surface area contributed by atoms with E-state index in [1.165, 1.54) is 4.90 Å². The highest BCUT2D eigenvalue weighted by molar-refractivity contribution is 5.76. The van der Waals surface area contributed by atoms with Crippen molar-refractivity contribution < 1.29 is 19.1 Å². The van der Waals surface area contributed by atoms with Gasteiger partial charge in [-0.1, -0.05) is 18.2 Å². The highest BCUT2D eigenvalue weighted by atomic mass is 16.6. The number of nitrogens with zero attached hydrogens (tertiary/aromatic N) is 1. The molecular formula is C16H22N2O4. The first-order chi connectivity index (χ1) is 10.6. The van der Waals surface area contributed by atoms with Crippen molar-refractivity contribution in [1.29, 1.82) is 0 Å². The van der Waals surface area contributed by atoms with Gasteiger partial charge in [0.05, 0.1) is 13.7 Å². The van der Waals surface area contributed by atoms with E-state index in [1.807, 2.05) is 24.3 Å². The number of rotatable bonds is 7. The number of cyclic esters (lactones) is 1. The van der Waals surface area contributed by atoms with Gasteiger partial charge in [0.25, 0.3) is 0 Å². The topological polar surface area (TPSA) is 67.9 Å². The van der Waals surface area contributed by atoms with Crippen molar-refractivity contribution in [2.45, 2.75) is 25.4 Å². The molecule has 1 atom stereocenters. The second-order valence-corrected chi connectivity index (χ2v) is 5.34. The Morgan fingerprint density at radius 1 is 1.45 bits per heavy atom. The van der Waals surface area contributed by atoms with Gasteiger partial charge in [-0.05, 0) is 18.1 Å². The van der Waals surface area contributed by atoms with Gasteiger partial charge in [0.1, 0.15) is 11.9 Å². The van der Waals surface area contributed by atoms with Crippen molar-refractivity contribution in [2.75, 3.05) is 27.2 Å². The second-order valence-electron chi connectivity index (χ2n) is 5.34. The Balaban J connectivity index is 1.67. The Hall–Kier alpha value is -2.24. The first-order valence-corrected chi connectivity index (χ1v) is 7.40. The summed E-state index contributed by atoms with van der Waals surface area (Å²) in [6.07, 6.45) is 1.25. The lowest BCUT2D eigenvalue weighted by Gasteiger charge is -2.10. The minimum Gasteiger partial charge on any atom is -0.496 e. The maximum absolute atomic E-state index is 11.8. The number of carbonyl (C=O) groups is 2. The standard InChI is InChI=1S/C16H22N2O4/c1-18-11-13(22-16(18)20)9-10-17-15(19)8-7-12-5-3-4-6-14(12)21-2/h3-6,13H,7-11H2,1-2H3,(H,17,19). The quantitative estimate of drug-likeness (QED) is 0.830. The summed E-state index contributed by atoms with van der Waals surface area (Å²) in [5.41, 5.74) is 1.02. The summed E-state index contributed by atoms with van der Waals surface area (Å²) >= 11 is 0. The van der Waals surface area contributed by atoms with Crippen LogP contribution >= 0.6 is 0 Å². The van der Waals surface area contributed by atoms with Crippen molar-refractivity contribution in [1.82, 2.24) is 10.2 Å². The molecule has 0 saturated carbocycles. The van der Waals surface area contributed by atoms with Crippen LogP contribution in [0.15, 0.2) is 24.3 Å². The highest BCUT2D eigenvalue weighted by Crippen LogP contribution is 2.18. The number of ether oxygens (including phenoxy) is 2. The monoisotopic (exact) mass is 306 g/mol. The maximum atomic E-state index is 11.8. The largest absolute Gasteiger partial charge is 0.496 e. The van der Waals surface area contributed by atoms with Crippen LogP contribution < -0.4 is 10.1 Å². The van der Waals surface area contributed by atoms with Crippen LogP contribution in [-0.4, -0.2) is 50.3 Å². The molecule has 1 N–H and O–H groups in total.